The molecule has 2 rings (SSSR count). The number of nitrogens with two attached hydrogens (primary N) is 2. The lowest BCUT2D eigenvalue weighted by Gasteiger charge is -2.22. The number of carbonyl (C=O) groups is 2. The first-order valence-electron chi connectivity index (χ1n) is 6.63. The van der Waals surface area contributed by atoms with Crippen LogP contribution in [0.15, 0.2) is 29.6 Å². The van der Waals surface area contributed by atoms with Gasteiger partial charge in [0.2, 0.25) is 11.8 Å². The zero-order valence-electron chi connectivity index (χ0n) is 12.1. The highest BCUT2D eigenvalue weighted by molar-refractivity contribution is 7.17. The average molecular weight is 305 g/mol. The topological polar surface area (TPSA) is 98.2 Å². The number of nitrogens with one attached hydrogen (secondary N) is 1. The lowest BCUT2D eigenvalue weighted by Crippen LogP contribution is -2.55. The Balaban J connectivity index is 2.21. The van der Waals surface area contributed by atoms with Gasteiger partial charge in [0, 0.05) is 11.1 Å². The zero-order chi connectivity index (χ0) is 15.6. The third kappa shape index (κ3) is 3.59. The van der Waals surface area contributed by atoms with Crippen LogP contribution in [-0.2, 0) is 16.0 Å². The van der Waals surface area contributed by atoms with E-state index >= 15 is 0 Å². The van der Waals surface area contributed by atoms with Gasteiger partial charge in [-0.25, -0.2) is 0 Å². The summed E-state index contributed by atoms with van der Waals surface area (Å²) in [5.41, 5.74) is 11.1. The monoisotopic (exact) mass is 305 g/mol. The van der Waals surface area contributed by atoms with E-state index in [0.717, 1.165) is 15.6 Å². The van der Waals surface area contributed by atoms with Gasteiger partial charge < -0.3 is 16.8 Å². The van der Waals surface area contributed by atoms with Crippen molar-refractivity contribution in [3.63, 3.8) is 0 Å². The third-order valence-corrected chi connectivity index (χ3v) is 4.23. The third-order valence-electron chi connectivity index (χ3n) is 3.22. The fourth-order valence-electron chi connectivity index (χ4n) is 1.98. The fraction of sp³-hybridized carbons (Fsp3) is 0.333. The molecule has 5 nitrogen and oxygen atoms in total. The van der Waals surface area contributed by atoms with Gasteiger partial charge in [-0.1, -0.05) is 18.2 Å². The first kappa shape index (κ1) is 15.5. The summed E-state index contributed by atoms with van der Waals surface area (Å²) in [5, 5.41) is 5.69. The van der Waals surface area contributed by atoms with E-state index in [-0.39, 0.29) is 0 Å². The van der Waals surface area contributed by atoms with E-state index in [0.29, 0.717) is 6.42 Å². The smallest absolute Gasteiger partial charge is 0.240 e. The minimum absolute atomic E-state index is 0.362. The Morgan fingerprint density at radius 2 is 2.00 bits per heavy atom. The number of hydrogen-bond acceptors (Lipinski definition) is 4. The highest BCUT2D eigenvalue weighted by Gasteiger charge is 2.27. The molecule has 0 aliphatic carbocycles. The minimum Gasteiger partial charge on any atom is -0.368 e. The van der Waals surface area contributed by atoms with Crippen molar-refractivity contribution in [2.24, 2.45) is 11.5 Å². The second-order valence-corrected chi connectivity index (χ2v) is 6.52. The van der Waals surface area contributed by atoms with Crippen molar-refractivity contribution >= 4 is 33.2 Å². The number of thiophene rings is 1. The van der Waals surface area contributed by atoms with E-state index in [4.69, 9.17) is 11.5 Å². The summed E-state index contributed by atoms with van der Waals surface area (Å²) in [6.07, 6.45) is 0.362. The van der Waals surface area contributed by atoms with Crippen LogP contribution >= 0.6 is 11.3 Å². The van der Waals surface area contributed by atoms with Crippen molar-refractivity contribution < 1.29 is 9.59 Å². The van der Waals surface area contributed by atoms with Crippen LogP contribution in [0.4, 0.5) is 0 Å². The molecular formula is C15H19N3O2S. The Morgan fingerprint density at radius 3 is 2.62 bits per heavy atom. The summed E-state index contributed by atoms with van der Waals surface area (Å²) >= 11 is 1.60. The molecule has 0 bridgehead atoms. The Morgan fingerprint density at radius 1 is 1.33 bits per heavy atom. The van der Waals surface area contributed by atoms with Crippen molar-refractivity contribution in [2.45, 2.75) is 31.8 Å². The van der Waals surface area contributed by atoms with Gasteiger partial charge in [0.25, 0.3) is 0 Å². The molecule has 1 heterocycles. The van der Waals surface area contributed by atoms with Gasteiger partial charge >= 0.3 is 0 Å². The van der Waals surface area contributed by atoms with Crippen LogP contribution in [-0.4, -0.2) is 23.4 Å². The maximum Gasteiger partial charge on any atom is 0.240 e. The van der Waals surface area contributed by atoms with Gasteiger partial charge in [-0.3, -0.25) is 9.59 Å². The highest BCUT2D eigenvalue weighted by atomic mass is 32.1. The van der Waals surface area contributed by atoms with Crippen LogP contribution in [0.25, 0.3) is 10.1 Å². The number of primary amides is 1. The van der Waals surface area contributed by atoms with Crippen molar-refractivity contribution in [3.8, 4) is 0 Å². The molecule has 0 saturated carbocycles. The van der Waals surface area contributed by atoms with Crippen LogP contribution in [0, 0.1) is 0 Å². The number of fused-ring (bicyclic) bond motifs is 1. The zero-order valence-corrected chi connectivity index (χ0v) is 12.9. The number of hydrogen-bond donors (Lipinski definition) is 3. The Hall–Kier alpha value is -1.92. The van der Waals surface area contributed by atoms with Gasteiger partial charge in [-0.15, -0.1) is 11.3 Å². The van der Waals surface area contributed by atoms with Crippen LogP contribution < -0.4 is 16.8 Å². The van der Waals surface area contributed by atoms with E-state index in [2.05, 4.69) is 5.32 Å². The van der Waals surface area contributed by atoms with Crippen LogP contribution in [0.5, 0.6) is 0 Å². The van der Waals surface area contributed by atoms with E-state index in [9.17, 15) is 9.59 Å². The maximum atomic E-state index is 11.9. The van der Waals surface area contributed by atoms with Gasteiger partial charge in [0.15, 0.2) is 0 Å². The molecule has 0 aliphatic rings. The molecule has 1 aromatic heterocycles. The second-order valence-electron chi connectivity index (χ2n) is 5.61. The van der Waals surface area contributed by atoms with E-state index < -0.39 is 23.4 Å². The van der Waals surface area contributed by atoms with Crippen LogP contribution in [0.3, 0.4) is 0 Å². The van der Waals surface area contributed by atoms with E-state index in [1.54, 1.807) is 25.2 Å². The molecule has 0 fully saturated rings. The highest BCUT2D eigenvalue weighted by Crippen LogP contribution is 2.26. The number of carbonyl (C=O) groups excluding carboxylic acids is 2. The Labute approximate surface area is 127 Å². The predicted octanol–water partition coefficient (Wildman–Crippen LogP) is 1.15. The van der Waals surface area contributed by atoms with Crippen molar-refractivity contribution in [1.29, 1.82) is 0 Å². The SMILES string of the molecule is CC(C)(N)C(=O)N[C@H](Cc1csc2ccccc12)C(N)=O. The van der Waals surface area contributed by atoms with Crippen molar-refractivity contribution in [2.75, 3.05) is 0 Å². The molecule has 0 saturated heterocycles. The van der Waals surface area contributed by atoms with Crippen molar-refractivity contribution in [3.05, 3.63) is 35.2 Å². The molecule has 2 amide bonds. The molecule has 1 aromatic carbocycles. The summed E-state index contributed by atoms with van der Waals surface area (Å²) in [5.74, 6) is -0.964. The molecular weight excluding hydrogens is 286 g/mol. The average Bonchev–Trinajstić information content (AvgIpc) is 2.80. The summed E-state index contributed by atoms with van der Waals surface area (Å²) in [4.78, 5) is 23.5. The molecule has 6 heteroatoms. The summed E-state index contributed by atoms with van der Waals surface area (Å²) in [6, 6.07) is 7.16. The first-order valence-corrected chi connectivity index (χ1v) is 7.51. The van der Waals surface area contributed by atoms with E-state index in [1.165, 1.54) is 0 Å². The molecule has 0 spiro atoms. The Bertz CT molecular complexity index is 673. The normalized spacial score (nSPS) is 13.1. The minimum atomic E-state index is -1.05. The Kier molecular flexibility index (Phi) is 4.29. The van der Waals surface area contributed by atoms with Gasteiger partial charge in [-0.05, 0) is 36.2 Å². The number of benzene rings is 1. The summed E-state index contributed by atoms with van der Waals surface area (Å²) in [6.45, 7) is 3.17. The largest absolute Gasteiger partial charge is 0.368 e. The van der Waals surface area contributed by atoms with E-state index in [1.807, 2.05) is 29.6 Å². The molecule has 0 unspecified atom stereocenters. The predicted molar refractivity (Wildman–Crippen MR) is 84.9 cm³/mol. The molecule has 2 aromatic rings. The van der Waals surface area contributed by atoms with Crippen LogP contribution in [0.1, 0.15) is 19.4 Å². The summed E-state index contributed by atoms with van der Waals surface area (Å²) < 4.78 is 1.14. The maximum absolute atomic E-state index is 11.9. The molecule has 1 atom stereocenters. The molecule has 21 heavy (non-hydrogen) atoms. The standard InChI is InChI=1S/C15H19N3O2S/c1-15(2,17)14(20)18-11(13(16)19)7-9-8-21-12-6-4-3-5-10(9)12/h3-6,8,11H,7,17H2,1-2H3,(H2,16,19)(H,18,20)/t11-/m1/s1. The van der Waals surface area contributed by atoms with Gasteiger partial charge in [-0.2, -0.15) is 0 Å². The van der Waals surface area contributed by atoms with Crippen LogP contribution in [0.2, 0.25) is 0 Å². The number of rotatable bonds is 5. The molecule has 5 N–H and O–H groups in total. The quantitative estimate of drug-likeness (QED) is 0.773. The lowest BCUT2D eigenvalue weighted by atomic mass is 10.0. The molecule has 0 aliphatic heterocycles. The lowest BCUT2D eigenvalue weighted by molar-refractivity contribution is -0.130. The molecule has 0 radical (unpaired) electrons. The second kappa shape index (κ2) is 5.83. The fourth-order valence-corrected chi connectivity index (χ4v) is 2.95. The van der Waals surface area contributed by atoms with Crippen molar-refractivity contribution in [1.82, 2.24) is 5.32 Å². The number of amides is 2. The summed E-state index contributed by atoms with van der Waals surface area (Å²) in [7, 11) is 0. The van der Waals surface area contributed by atoms with Gasteiger partial charge in [0.05, 0.1) is 5.54 Å². The van der Waals surface area contributed by atoms with Gasteiger partial charge in [0.1, 0.15) is 6.04 Å². The first-order chi connectivity index (χ1) is 9.79. The molecule has 112 valence electrons.